The van der Waals surface area contributed by atoms with Crippen molar-refractivity contribution in [1.29, 1.82) is 0 Å². The minimum Gasteiger partial charge on any atom is -0.508 e. The van der Waals surface area contributed by atoms with Gasteiger partial charge in [-0.1, -0.05) is 23.9 Å². The number of phenols is 1. The first kappa shape index (κ1) is 11.0. The van der Waals surface area contributed by atoms with E-state index in [2.05, 4.69) is 10.2 Å². The number of nitrogens with two attached hydrogens (primary N) is 1. The van der Waals surface area contributed by atoms with Gasteiger partial charge in [-0.25, -0.2) is 0 Å². The summed E-state index contributed by atoms with van der Waals surface area (Å²) in [5.41, 5.74) is 6.43. The molecule has 0 amide bonds. The van der Waals surface area contributed by atoms with E-state index in [-0.39, 0.29) is 12.3 Å². The van der Waals surface area contributed by atoms with Gasteiger partial charge in [0.1, 0.15) is 5.75 Å². The number of aromatic hydroxyl groups is 1. The number of benzene rings is 1. The predicted molar refractivity (Wildman–Crippen MR) is 59.9 cm³/mol. The highest BCUT2D eigenvalue weighted by molar-refractivity contribution is 7.98. The lowest BCUT2D eigenvalue weighted by molar-refractivity contribution is 0.415. The van der Waals surface area contributed by atoms with Gasteiger partial charge in [-0.05, 0) is 17.7 Å². The Morgan fingerprint density at radius 3 is 2.62 bits per heavy atom. The largest absolute Gasteiger partial charge is 0.508 e. The lowest BCUT2D eigenvalue weighted by atomic mass is 10.2. The monoisotopic (exact) mass is 237 g/mol. The third-order valence-corrected chi connectivity index (χ3v) is 2.81. The van der Waals surface area contributed by atoms with E-state index in [0.29, 0.717) is 16.9 Å². The van der Waals surface area contributed by atoms with Crippen molar-refractivity contribution in [2.24, 2.45) is 5.73 Å². The first-order chi connectivity index (χ1) is 7.78. The molecule has 0 aliphatic heterocycles. The third kappa shape index (κ3) is 2.74. The molecule has 2 rings (SSSR count). The van der Waals surface area contributed by atoms with Crippen LogP contribution in [0.5, 0.6) is 5.75 Å². The molecule has 0 radical (unpaired) electrons. The molecule has 0 saturated heterocycles. The predicted octanol–water partition coefficient (Wildman–Crippen LogP) is 1.53. The maximum atomic E-state index is 9.12. The molecule has 2 aromatic rings. The van der Waals surface area contributed by atoms with Crippen molar-refractivity contribution in [1.82, 2.24) is 10.2 Å². The van der Waals surface area contributed by atoms with Gasteiger partial charge in [-0.2, -0.15) is 0 Å². The Morgan fingerprint density at radius 2 is 2.00 bits per heavy atom. The summed E-state index contributed by atoms with van der Waals surface area (Å²) < 4.78 is 5.24. The summed E-state index contributed by atoms with van der Waals surface area (Å²) in [6.07, 6.45) is 0. The Labute approximate surface area is 96.7 Å². The standard InChI is InChI=1S/C10H11N3O2S/c11-5-9-12-13-10(15-9)16-6-7-1-3-8(14)4-2-7/h1-4,14H,5-6,11H2. The lowest BCUT2D eigenvalue weighted by Gasteiger charge is -1.98. The topological polar surface area (TPSA) is 85.2 Å². The Balaban J connectivity index is 1.94. The molecule has 0 atom stereocenters. The zero-order chi connectivity index (χ0) is 11.4. The van der Waals surface area contributed by atoms with Gasteiger partial charge in [0.2, 0.25) is 5.89 Å². The van der Waals surface area contributed by atoms with Gasteiger partial charge in [-0.3, -0.25) is 0 Å². The number of phenolic OH excluding ortho intramolecular Hbond substituents is 1. The molecule has 0 aliphatic carbocycles. The summed E-state index contributed by atoms with van der Waals surface area (Å²) in [7, 11) is 0. The first-order valence-electron chi connectivity index (χ1n) is 4.71. The normalized spacial score (nSPS) is 10.6. The number of rotatable bonds is 4. The SMILES string of the molecule is NCc1nnc(SCc2ccc(O)cc2)o1. The minimum atomic E-state index is 0.257. The highest BCUT2D eigenvalue weighted by Gasteiger charge is 2.05. The molecule has 6 heteroatoms. The molecular formula is C10H11N3O2S. The van der Waals surface area contributed by atoms with Crippen molar-refractivity contribution in [3.05, 3.63) is 35.7 Å². The second-order valence-corrected chi connectivity index (χ2v) is 4.05. The average molecular weight is 237 g/mol. The number of aromatic nitrogens is 2. The van der Waals surface area contributed by atoms with Crippen molar-refractivity contribution >= 4 is 11.8 Å². The van der Waals surface area contributed by atoms with E-state index in [9.17, 15) is 0 Å². The highest BCUT2D eigenvalue weighted by atomic mass is 32.2. The fourth-order valence-electron chi connectivity index (χ4n) is 1.12. The zero-order valence-corrected chi connectivity index (χ0v) is 9.28. The summed E-state index contributed by atoms with van der Waals surface area (Å²) in [6, 6.07) is 7.00. The van der Waals surface area contributed by atoms with Crippen LogP contribution < -0.4 is 5.73 Å². The summed E-state index contributed by atoms with van der Waals surface area (Å²) in [5, 5.41) is 17.2. The number of hydrogen-bond donors (Lipinski definition) is 2. The Hall–Kier alpha value is -1.53. The van der Waals surface area contributed by atoms with Gasteiger partial charge < -0.3 is 15.3 Å². The average Bonchev–Trinajstić information content (AvgIpc) is 2.76. The summed E-state index contributed by atoms with van der Waals surface area (Å²) >= 11 is 1.44. The molecule has 1 aromatic heterocycles. The molecule has 0 spiro atoms. The van der Waals surface area contributed by atoms with Gasteiger partial charge in [0, 0.05) is 5.75 Å². The van der Waals surface area contributed by atoms with Crippen molar-refractivity contribution in [2.75, 3.05) is 0 Å². The van der Waals surface area contributed by atoms with Crippen molar-refractivity contribution in [2.45, 2.75) is 17.5 Å². The Bertz CT molecular complexity index is 455. The fraction of sp³-hybridized carbons (Fsp3) is 0.200. The molecule has 0 bridgehead atoms. The van der Waals surface area contributed by atoms with Crippen LogP contribution in [-0.2, 0) is 12.3 Å². The van der Waals surface area contributed by atoms with Crippen molar-refractivity contribution in [3.63, 3.8) is 0 Å². The van der Waals surface area contributed by atoms with Gasteiger partial charge >= 0.3 is 0 Å². The first-order valence-corrected chi connectivity index (χ1v) is 5.69. The van der Waals surface area contributed by atoms with E-state index in [0.717, 1.165) is 5.56 Å². The minimum absolute atomic E-state index is 0.257. The van der Waals surface area contributed by atoms with E-state index >= 15 is 0 Å². The van der Waals surface area contributed by atoms with Crippen LogP contribution in [0.1, 0.15) is 11.5 Å². The van der Waals surface area contributed by atoms with Crippen LogP contribution in [0, 0.1) is 0 Å². The van der Waals surface area contributed by atoms with E-state index in [4.69, 9.17) is 15.3 Å². The Morgan fingerprint density at radius 1 is 1.25 bits per heavy atom. The second kappa shape index (κ2) is 5.00. The molecule has 1 aromatic carbocycles. The molecule has 5 nitrogen and oxygen atoms in total. The van der Waals surface area contributed by atoms with Crippen LogP contribution in [-0.4, -0.2) is 15.3 Å². The fourth-order valence-corrected chi connectivity index (χ4v) is 1.85. The van der Waals surface area contributed by atoms with Gasteiger partial charge in [-0.15, -0.1) is 10.2 Å². The molecule has 1 heterocycles. The van der Waals surface area contributed by atoms with Crippen LogP contribution in [0.4, 0.5) is 0 Å². The summed E-state index contributed by atoms with van der Waals surface area (Å²) in [4.78, 5) is 0. The van der Waals surface area contributed by atoms with Gasteiger partial charge in [0.15, 0.2) is 0 Å². The molecule has 0 unspecified atom stereocenters. The van der Waals surface area contributed by atoms with Crippen LogP contribution in [0.25, 0.3) is 0 Å². The van der Waals surface area contributed by atoms with Gasteiger partial charge in [0.05, 0.1) is 6.54 Å². The van der Waals surface area contributed by atoms with Crippen LogP contribution in [0.2, 0.25) is 0 Å². The number of thioether (sulfide) groups is 1. The summed E-state index contributed by atoms with van der Waals surface area (Å²) in [5.74, 6) is 1.41. The molecule has 16 heavy (non-hydrogen) atoms. The van der Waals surface area contributed by atoms with Crippen molar-refractivity contribution < 1.29 is 9.52 Å². The van der Waals surface area contributed by atoms with E-state index in [1.54, 1.807) is 12.1 Å². The third-order valence-electron chi connectivity index (χ3n) is 1.92. The maximum absolute atomic E-state index is 9.12. The number of hydrogen-bond acceptors (Lipinski definition) is 6. The van der Waals surface area contributed by atoms with Crippen LogP contribution in [0.15, 0.2) is 33.9 Å². The zero-order valence-electron chi connectivity index (χ0n) is 8.46. The second-order valence-electron chi connectivity index (χ2n) is 3.12. The molecule has 84 valence electrons. The van der Waals surface area contributed by atoms with E-state index < -0.39 is 0 Å². The molecule has 3 N–H and O–H groups in total. The molecule has 0 saturated carbocycles. The smallest absolute Gasteiger partial charge is 0.276 e. The van der Waals surface area contributed by atoms with Crippen molar-refractivity contribution in [3.8, 4) is 5.75 Å². The van der Waals surface area contributed by atoms with E-state index in [1.165, 1.54) is 11.8 Å². The summed E-state index contributed by atoms with van der Waals surface area (Å²) in [6.45, 7) is 0.257. The van der Waals surface area contributed by atoms with Gasteiger partial charge in [0.25, 0.3) is 5.22 Å². The molecule has 0 fully saturated rings. The Kier molecular flexibility index (Phi) is 3.43. The molecular weight excluding hydrogens is 226 g/mol. The highest BCUT2D eigenvalue weighted by Crippen LogP contribution is 2.22. The lowest BCUT2D eigenvalue weighted by Crippen LogP contribution is -1.95. The quantitative estimate of drug-likeness (QED) is 0.784. The number of nitrogens with zero attached hydrogens (tertiary/aromatic N) is 2. The van der Waals surface area contributed by atoms with Crippen LogP contribution >= 0.6 is 11.8 Å². The van der Waals surface area contributed by atoms with Crippen LogP contribution in [0.3, 0.4) is 0 Å². The van der Waals surface area contributed by atoms with E-state index in [1.807, 2.05) is 12.1 Å². The maximum Gasteiger partial charge on any atom is 0.276 e. The molecule has 0 aliphatic rings.